The van der Waals surface area contributed by atoms with Crippen LogP contribution in [0.4, 0.5) is 0 Å². The SMILES string of the molecule is CC(=O)OC1CC[C@@]2(C)C(=CC(OC(C)=O)[C@@H]3[C@@H]2C(OC(C)=O)C[C@@]2(C)[C@H]3CC[C@]2(O)CCC(=O)O)C1. The Bertz CT molecular complexity index is 1000. The van der Waals surface area contributed by atoms with Gasteiger partial charge in [-0.2, -0.15) is 0 Å². The van der Waals surface area contributed by atoms with E-state index in [-0.39, 0.29) is 48.1 Å². The minimum Gasteiger partial charge on any atom is -0.481 e. The molecule has 3 saturated carbocycles. The number of carboxylic acids is 1. The maximum absolute atomic E-state index is 12.3. The highest BCUT2D eigenvalue weighted by Gasteiger charge is 2.69. The highest BCUT2D eigenvalue weighted by atomic mass is 16.6. The topological polar surface area (TPSA) is 136 Å². The monoisotopic (exact) mass is 520 g/mol. The number of aliphatic carboxylic acids is 1. The van der Waals surface area contributed by atoms with Gasteiger partial charge in [0, 0.05) is 50.9 Å². The number of ether oxygens (including phenoxy) is 3. The van der Waals surface area contributed by atoms with Gasteiger partial charge in [-0.25, -0.2) is 0 Å². The standard InChI is InChI=1S/C28H40O9/c1-15(29)35-19-6-9-26(4)18(12-19)13-21(36-16(2)30)24-20-7-10-28(34,11-8-23(32)33)27(20,5)14-22(25(24)26)37-17(3)31/h13,19-22,24-25,34H,6-12,14H2,1-5H3,(H,32,33)/t19?,20-,21?,22?,24+,25-,26-,27-,28-/m0/s1. The van der Waals surface area contributed by atoms with Crippen LogP contribution in [-0.4, -0.2) is 58.0 Å². The zero-order valence-electron chi connectivity index (χ0n) is 22.5. The number of fused-ring (bicyclic) bond motifs is 5. The first-order valence-corrected chi connectivity index (χ1v) is 13.4. The van der Waals surface area contributed by atoms with Crippen molar-refractivity contribution in [3.05, 3.63) is 11.6 Å². The Morgan fingerprint density at radius 2 is 1.62 bits per heavy atom. The summed E-state index contributed by atoms with van der Waals surface area (Å²) in [6.45, 7) is 8.27. The average Bonchev–Trinajstić information content (AvgIpc) is 3.02. The molecule has 3 unspecified atom stereocenters. The van der Waals surface area contributed by atoms with E-state index in [9.17, 15) is 29.4 Å². The summed E-state index contributed by atoms with van der Waals surface area (Å²) in [5.41, 5.74) is -1.30. The van der Waals surface area contributed by atoms with Crippen molar-refractivity contribution < 1.29 is 43.6 Å². The van der Waals surface area contributed by atoms with Crippen LogP contribution in [0.3, 0.4) is 0 Å². The summed E-state index contributed by atoms with van der Waals surface area (Å²) >= 11 is 0. The molecular weight excluding hydrogens is 480 g/mol. The molecule has 37 heavy (non-hydrogen) atoms. The Morgan fingerprint density at radius 1 is 0.973 bits per heavy atom. The zero-order chi connectivity index (χ0) is 27.3. The fraction of sp³-hybridized carbons (Fsp3) is 0.786. The molecule has 0 aromatic carbocycles. The number of hydrogen-bond donors (Lipinski definition) is 2. The molecule has 0 aromatic heterocycles. The highest BCUT2D eigenvalue weighted by Crippen LogP contribution is 2.68. The summed E-state index contributed by atoms with van der Waals surface area (Å²) in [5.74, 6) is -2.60. The van der Waals surface area contributed by atoms with Crippen molar-refractivity contribution in [1.82, 2.24) is 0 Å². The highest BCUT2D eigenvalue weighted by molar-refractivity contribution is 5.68. The van der Waals surface area contributed by atoms with Crippen molar-refractivity contribution in [2.24, 2.45) is 28.6 Å². The number of carboxylic acid groups (broad SMARTS) is 1. The third kappa shape index (κ3) is 4.79. The van der Waals surface area contributed by atoms with Crippen molar-refractivity contribution in [1.29, 1.82) is 0 Å². The molecule has 0 aromatic rings. The Labute approximate surface area is 217 Å². The van der Waals surface area contributed by atoms with Crippen LogP contribution in [-0.2, 0) is 33.4 Å². The van der Waals surface area contributed by atoms with E-state index in [0.29, 0.717) is 32.1 Å². The second kappa shape index (κ2) is 9.71. The third-order valence-corrected chi connectivity index (χ3v) is 10.0. The summed E-state index contributed by atoms with van der Waals surface area (Å²) in [4.78, 5) is 47.6. The number of hydrogen-bond acceptors (Lipinski definition) is 8. The molecule has 4 aliphatic rings. The summed E-state index contributed by atoms with van der Waals surface area (Å²) < 4.78 is 17.4. The molecule has 9 atom stereocenters. The van der Waals surface area contributed by atoms with E-state index in [0.717, 1.165) is 12.0 Å². The maximum Gasteiger partial charge on any atom is 0.303 e. The van der Waals surface area contributed by atoms with Crippen LogP contribution >= 0.6 is 0 Å². The molecule has 3 fully saturated rings. The van der Waals surface area contributed by atoms with E-state index in [1.165, 1.54) is 20.8 Å². The smallest absolute Gasteiger partial charge is 0.303 e. The van der Waals surface area contributed by atoms with E-state index in [2.05, 4.69) is 6.92 Å². The molecule has 4 aliphatic carbocycles. The molecule has 0 bridgehead atoms. The Morgan fingerprint density at radius 3 is 2.22 bits per heavy atom. The lowest BCUT2D eigenvalue weighted by Crippen LogP contribution is -2.63. The van der Waals surface area contributed by atoms with Crippen LogP contribution in [0.1, 0.15) is 86.0 Å². The molecule has 0 radical (unpaired) electrons. The molecular formula is C28H40O9. The van der Waals surface area contributed by atoms with Crippen LogP contribution in [0.15, 0.2) is 11.6 Å². The molecule has 206 valence electrons. The van der Waals surface area contributed by atoms with Crippen molar-refractivity contribution in [2.75, 3.05) is 0 Å². The van der Waals surface area contributed by atoms with Gasteiger partial charge in [-0.05, 0) is 55.9 Å². The predicted molar refractivity (Wildman–Crippen MR) is 131 cm³/mol. The number of carbonyl (C=O) groups is 4. The molecule has 0 spiro atoms. The molecule has 0 saturated heterocycles. The largest absolute Gasteiger partial charge is 0.481 e. The quantitative estimate of drug-likeness (QED) is 0.306. The van der Waals surface area contributed by atoms with Crippen molar-refractivity contribution in [2.45, 2.75) is 110 Å². The van der Waals surface area contributed by atoms with Gasteiger partial charge in [0.1, 0.15) is 18.3 Å². The van der Waals surface area contributed by atoms with Crippen LogP contribution in [0, 0.1) is 28.6 Å². The third-order valence-electron chi connectivity index (χ3n) is 10.0. The Hall–Kier alpha value is -2.42. The second-order valence-corrected chi connectivity index (χ2v) is 12.1. The first kappa shape index (κ1) is 27.6. The van der Waals surface area contributed by atoms with Gasteiger partial charge in [0.05, 0.1) is 5.60 Å². The second-order valence-electron chi connectivity index (χ2n) is 12.1. The fourth-order valence-corrected chi connectivity index (χ4v) is 8.46. The summed E-state index contributed by atoms with van der Waals surface area (Å²) in [7, 11) is 0. The first-order chi connectivity index (χ1) is 17.2. The summed E-state index contributed by atoms with van der Waals surface area (Å²) in [5, 5.41) is 21.2. The minimum absolute atomic E-state index is 0.0618. The molecule has 9 nitrogen and oxygen atoms in total. The van der Waals surface area contributed by atoms with Gasteiger partial charge in [-0.15, -0.1) is 0 Å². The van der Waals surface area contributed by atoms with Crippen molar-refractivity contribution >= 4 is 23.9 Å². The molecule has 0 aliphatic heterocycles. The number of esters is 3. The van der Waals surface area contributed by atoms with Crippen LogP contribution in [0.2, 0.25) is 0 Å². The average molecular weight is 521 g/mol. The molecule has 2 N–H and O–H groups in total. The minimum atomic E-state index is -1.24. The fourth-order valence-electron chi connectivity index (χ4n) is 8.46. The number of aliphatic hydroxyl groups is 1. The maximum atomic E-state index is 12.3. The Balaban J connectivity index is 1.81. The lowest BCUT2D eigenvalue weighted by atomic mass is 9.45. The zero-order valence-corrected chi connectivity index (χ0v) is 22.5. The van der Waals surface area contributed by atoms with Gasteiger partial charge >= 0.3 is 23.9 Å². The van der Waals surface area contributed by atoms with E-state index >= 15 is 0 Å². The van der Waals surface area contributed by atoms with Gasteiger partial charge < -0.3 is 24.4 Å². The van der Waals surface area contributed by atoms with Crippen molar-refractivity contribution in [3.8, 4) is 0 Å². The number of rotatable bonds is 6. The van der Waals surface area contributed by atoms with E-state index in [1.54, 1.807) is 0 Å². The lowest BCUT2D eigenvalue weighted by Gasteiger charge is -2.62. The van der Waals surface area contributed by atoms with E-state index in [4.69, 9.17) is 14.2 Å². The van der Waals surface area contributed by atoms with Crippen LogP contribution < -0.4 is 0 Å². The van der Waals surface area contributed by atoms with Crippen LogP contribution in [0.5, 0.6) is 0 Å². The molecule has 0 heterocycles. The van der Waals surface area contributed by atoms with Crippen LogP contribution in [0.25, 0.3) is 0 Å². The lowest BCUT2D eigenvalue weighted by molar-refractivity contribution is -0.208. The number of carbonyl (C=O) groups excluding carboxylic acids is 3. The summed E-state index contributed by atoms with van der Waals surface area (Å²) in [6.07, 6.45) is 3.97. The van der Waals surface area contributed by atoms with E-state index < -0.39 is 41.1 Å². The normalized spacial score (nSPS) is 42.4. The van der Waals surface area contributed by atoms with Crippen molar-refractivity contribution in [3.63, 3.8) is 0 Å². The van der Waals surface area contributed by atoms with Gasteiger partial charge in [0.2, 0.25) is 0 Å². The predicted octanol–water partition coefficient (Wildman–Crippen LogP) is 3.56. The summed E-state index contributed by atoms with van der Waals surface area (Å²) in [6, 6.07) is 0. The van der Waals surface area contributed by atoms with Gasteiger partial charge in [0.25, 0.3) is 0 Å². The van der Waals surface area contributed by atoms with E-state index in [1.807, 2.05) is 13.0 Å². The first-order valence-electron chi connectivity index (χ1n) is 13.4. The molecule has 4 rings (SSSR count). The van der Waals surface area contributed by atoms with Gasteiger partial charge in [0.15, 0.2) is 0 Å². The van der Waals surface area contributed by atoms with Gasteiger partial charge in [-0.3, -0.25) is 19.2 Å². The Kier molecular flexibility index (Phi) is 7.25. The molecule has 9 heteroatoms. The molecule has 0 amide bonds. The van der Waals surface area contributed by atoms with Gasteiger partial charge in [-0.1, -0.05) is 19.4 Å².